The van der Waals surface area contributed by atoms with Crippen LogP contribution >= 0.6 is 11.6 Å². The zero-order valence-electron chi connectivity index (χ0n) is 16.1. The molecule has 0 aliphatic rings. The molecule has 0 radical (unpaired) electrons. The van der Waals surface area contributed by atoms with Crippen molar-refractivity contribution in [2.75, 3.05) is 5.32 Å². The average molecular weight is 403 g/mol. The van der Waals surface area contributed by atoms with E-state index in [1.54, 1.807) is 24.4 Å². The number of hydrogen-bond donors (Lipinski definition) is 1. The molecule has 1 N–H and O–H groups in total. The van der Waals surface area contributed by atoms with Crippen molar-refractivity contribution < 1.29 is 9.21 Å². The highest BCUT2D eigenvalue weighted by Crippen LogP contribution is 2.29. The third-order valence-electron chi connectivity index (χ3n) is 4.67. The van der Waals surface area contributed by atoms with Crippen molar-refractivity contribution >= 4 is 23.2 Å². The minimum atomic E-state index is -0.209. The summed E-state index contributed by atoms with van der Waals surface area (Å²) >= 11 is 5.95. The molecule has 0 saturated heterocycles. The summed E-state index contributed by atoms with van der Waals surface area (Å²) in [6.07, 6.45) is 1.65. The lowest BCUT2D eigenvalue weighted by molar-refractivity contribution is 0.102. The molecule has 29 heavy (non-hydrogen) atoms. The van der Waals surface area contributed by atoms with Crippen LogP contribution in [0.3, 0.4) is 0 Å². The molecule has 144 valence electrons. The van der Waals surface area contributed by atoms with Crippen molar-refractivity contribution in [1.82, 2.24) is 4.98 Å². The fourth-order valence-electron chi connectivity index (χ4n) is 3.16. The maximum absolute atomic E-state index is 13.0. The number of halogens is 1. The van der Waals surface area contributed by atoms with Crippen molar-refractivity contribution in [3.63, 3.8) is 0 Å². The maximum Gasteiger partial charge on any atom is 0.256 e. The molecule has 0 spiro atoms. The Labute approximate surface area is 174 Å². The highest BCUT2D eigenvalue weighted by atomic mass is 35.5. The summed E-state index contributed by atoms with van der Waals surface area (Å²) in [6, 6.07) is 20.5. The van der Waals surface area contributed by atoms with Gasteiger partial charge in [0.25, 0.3) is 5.91 Å². The van der Waals surface area contributed by atoms with E-state index in [9.17, 15) is 4.79 Å². The van der Waals surface area contributed by atoms with E-state index >= 15 is 0 Å². The molecule has 0 aliphatic heterocycles. The maximum atomic E-state index is 13.0. The molecular weight excluding hydrogens is 384 g/mol. The van der Waals surface area contributed by atoms with Gasteiger partial charge in [0, 0.05) is 21.8 Å². The lowest BCUT2D eigenvalue weighted by atomic mass is 10.1. The molecule has 1 amide bonds. The van der Waals surface area contributed by atoms with E-state index in [0.717, 1.165) is 22.4 Å². The van der Waals surface area contributed by atoms with Gasteiger partial charge in [-0.2, -0.15) is 0 Å². The Kier molecular flexibility index (Phi) is 5.19. The number of carbonyl (C=O) groups excluding carboxylic acids is 1. The molecule has 1 aromatic heterocycles. The summed E-state index contributed by atoms with van der Waals surface area (Å²) < 4.78 is 5.94. The smallest absolute Gasteiger partial charge is 0.256 e. The van der Waals surface area contributed by atoms with E-state index < -0.39 is 0 Å². The van der Waals surface area contributed by atoms with Crippen molar-refractivity contribution in [3.05, 3.63) is 94.6 Å². The average Bonchev–Trinajstić information content (AvgIpc) is 3.20. The van der Waals surface area contributed by atoms with Gasteiger partial charge in [0.15, 0.2) is 5.76 Å². The number of nitrogens with one attached hydrogen (secondary N) is 1. The largest absolute Gasteiger partial charge is 0.436 e. The number of anilines is 1. The number of benzene rings is 3. The molecule has 4 aromatic rings. The predicted octanol–water partition coefficient (Wildman–Crippen LogP) is 6.53. The van der Waals surface area contributed by atoms with Crippen LogP contribution in [0.25, 0.3) is 22.8 Å². The number of amides is 1. The van der Waals surface area contributed by atoms with Gasteiger partial charge in [-0.25, -0.2) is 4.98 Å². The zero-order valence-corrected chi connectivity index (χ0v) is 16.8. The molecule has 0 fully saturated rings. The fourth-order valence-corrected chi connectivity index (χ4v) is 3.28. The molecule has 0 aliphatic carbocycles. The Balaban J connectivity index is 1.65. The second-order valence-electron chi connectivity index (χ2n) is 6.85. The highest BCUT2D eigenvalue weighted by Gasteiger charge is 2.17. The lowest BCUT2D eigenvalue weighted by Gasteiger charge is -2.11. The topological polar surface area (TPSA) is 55.1 Å². The Bertz CT molecular complexity index is 1180. The Morgan fingerprint density at radius 3 is 2.52 bits per heavy atom. The molecule has 5 heteroatoms. The van der Waals surface area contributed by atoms with Crippen molar-refractivity contribution in [3.8, 4) is 22.8 Å². The Morgan fingerprint density at radius 1 is 1.00 bits per heavy atom. The van der Waals surface area contributed by atoms with E-state index in [-0.39, 0.29) is 5.91 Å². The van der Waals surface area contributed by atoms with Gasteiger partial charge in [-0.3, -0.25) is 4.79 Å². The number of nitrogens with zero attached hydrogens (tertiary/aromatic N) is 1. The molecule has 4 rings (SSSR count). The van der Waals surface area contributed by atoms with Crippen LogP contribution in [-0.4, -0.2) is 10.9 Å². The van der Waals surface area contributed by atoms with Gasteiger partial charge in [-0.15, -0.1) is 0 Å². The van der Waals surface area contributed by atoms with Crippen LogP contribution in [0.4, 0.5) is 5.69 Å². The Hall–Kier alpha value is -3.37. The van der Waals surface area contributed by atoms with Gasteiger partial charge in [-0.1, -0.05) is 41.4 Å². The molecule has 0 atom stereocenters. The van der Waals surface area contributed by atoms with Crippen molar-refractivity contribution in [2.45, 2.75) is 13.8 Å². The summed E-state index contributed by atoms with van der Waals surface area (Å²) in [5, 5.41) is 3.64. The van der Waals surface area contributed by atoms with E-state index in [4.69, 9.17) is 16.0 Å². The summed E-state index contributed by atoms with van der Waals surface area (Å²) in [6.45, 7) is 4.00. The first-order valence-corrected chi connectivity index (χ1v) is 9.59. The minimum absolute atomic E-state index is 0.209. The van der Waals surface area contributed by atoms with Crippen LogP contribution in [0.15, 0.2) is 77.3 Å². The van der Waals surface area contributed by atoms with E-state index in [1.807, 2.05) is 62.4 Å². The minimum Gasteiger partial charge on any atom is -0.436 e. The first-order chi connectivity index (χ1) is 14.0. The van der Waals surface area contributed by atoms with E-state index in [2.05, 4.69) is 10.3 Å². The number of carbonyl (C=O) groups is 1. The fraction of sp³-hybridized carbons (Fsp3) is 0.0833. The molecule has 0 saturated carbocycles. The van der Waals surface area contributed by atoms with Gasteiger partial charge in [0.1, 0.15) is 0 Å². The second kappa shape index (κ2) is 7.94. The highest BCUT2D eigenvalue weighted by molar-refractivity contribution is 6.30. The van der Waals surface area contributed by atoms with Crippen LogP contribution in [-0.2, 0) is 0 Å². The predicted molar refractivity (Wildman–Crippen MR) is 116 cm³/mol. The van der Waals surface area contributed by atoms with Crippen LogP contribution in [0.2, 0.25) is 5.02 Å². The monoisotopic (exact) mass is 402 g/mol. The van der Waals surface area contributed by atoms with Gasteiger partial charge in [0.05, 0.1) is 11.8 Å². The molecular formula is C24H19ClN2O2. The number of oxazole rings is 1. The van der Waals surface area contributed by atoms with Crippen LogP contribution in [0, 0.1) is 13.8 Å². The standard InChI is InChI=1S/C24H19ClN2O2/c1-15-7-12-21(16(2)13-15)27-23(28)19-5-3-4-6-20(19)24-26-14-22(29-24)17-8-10-18(25)11-9-17/h3-14H,1-2H3,(H,27,28). The summed E-state index contributed by atoms with van der Waals surface area (Å²) in [5.41, 5.74) is 4.94. The first kappa shape index (κ1) is 19.0. The third kappa shape index (κ3) is 4.08. The third-order valence-corrected chi connectivity index (χ3v) is 4.92. The SMILES string of the molecule is Cc1ccc(NC(=O)c2ccccc2-c2ncc(-c3ccc(Cl)cc3)o2)c(C)c1. The zero-order chi connectivity index (χ0) is 20.4. The van der Waals surface area contributed by atoms with Crippen LogP contribution in [0.1, 0.15) is 21.5 Å². The second-order valence-corrected chi connectivity index (χ2v) is 7.29. The summed E-state index contributed by atoms with van der Waals surface area (Å²) in [4.78, 5) is 17.3. The number of hydrogen-bond acceptors (Lipinski definition) is 3. The normalized spacial score (nSPS) is 10.7. The van der Waals surface area contributed by atoms with Gasteiger partial charge in [-0.05, 0) is 61.9 Å². The molecule has 0 bridgehead atoms. The van der Waals surface area contributed by atoms with Gasteiger partial charge >= 0.3 is 0 Å². The van der Waals surface area contributed by atoms with Crippen LogP contribution < -0.4 is 5.32 Å². The van der Waals surface area contributed by atoms with Gasteiger partial charge < -0.3 is 9.73 Å². The van der Waals surface area contributed by atoms with Crippen molar-refractivity contribution in [1.29, 1.82) is 0 Å². The van der Waals surface area contributed by atoms with E-state index in [0.29, 0.717) is 27.8 Å². The van der Waals surface area contributed by atoms with E-state index in [1.165, 1.54) is 0 Å². The summed E-state index contributed by atoms with van der Waals surface area (Å²) in [5.74, 6) is 0.793. The van der Waals surface area contributed by atoms with Gasteiger partial charge in [0.2, 0.25) is 5.89 Å². The van der Waals surface area contributed by atoms with Crippen LogP contribution in [0.5, 0.6) is 0 Å². The number of aromatic nitrogens is 1. The summed E-state index contributed by atoms with van der Waals surface area (Å²) in [7, 11) is 0. The quantitative estimate of drug-likeness (QED) is 0.422. The lowest BCUT2D eigenvalue weighted by Crippen LogP contribution is -2.14. The number of aryl methyl sites for hydroxylation is 2. The van der Waals surface area contributed by atoms with Crippen molar-refractivity contribution in [2.24, 2.45) is 0 Å². The molecule has 0 unspecified atom stereocenters. The molecule has 3 aromatic carbocycles. The number of rotatable bonds is 4. The molecule has 1 heterocycles. The molecule has 4 nitrogen and oxygen atoms in total. The first-order valence-electron chi connectivity index (χ1n) is 9.21. The Morgan fingerprint density at radius 2 is 1.76 bits per heavy atom.